The quantitative estimate of drug-likeness (QED) is 0.869. The third-order valence-electron chi connectivity index (χ3n) is 4.99. The number of nitrogens with one attached hydrogen (secondary N) is 1. The Morgan fingerprint density at radius 3 is 2.48 bits per heavy atom. The van der Waals surface area contributed by atoms with Crippen LogP contribution in [0.15, 0.2) is 24.3 Å². The zero-order valence-corrected chi connectivity index (χ0v) is 15.8. The van der Waals surface area contributed by atoms with E-state index in [1.54, 1.807) is 0 Å². The molecule has 4 rings (SSSR count). The highest BCUT2D eigenvalue weighted by Crippen LogP contribution is 2.40. The van der Waals surface area contributed by atoms with Crippen molar-refractivity contribution in [3.05, 3.63) is 24.3 Å². The number of hydrogen-bond acceptors (Lipinski definition) is 4. The molecule has 3 aliphatic rings. The summed E-state index contributed by atoms with van der Waals surface area (Å²) in [5.41, 5.74) is 0.702. The molecule has 2 bridgehead atoms. The monoisotopic (exact) mass is 366 g/mol. The van der Waals surface area contributed by atoms with E-state index < -0.39 is 10.0 Å². The maximum atomic E-state index is 12.7. The van der Waals surface area contributed by atoms with Gasteiger partial charge in [0.1, 0.15) is 5.75 Å². The molecule has 1 saturated carbocycles. The fourth-order valence-corrected chi connectivity index (χ4v) is 5.15. The molecule has 0 unspecified atom stereocenters. The fraction of sp³-hybridized carbons (Fsp3) is 0.611. The molecule has 6 nitrogen and oxygen atoms in total. The number of piperidine rings is 2. The van der Waals surface area contributed by atoms with Gasteiger partial charge < -0.3 is 10.1 Å². The Kier molecular flexibility index (Phi) is 5.06. The van der Waals surface area contributed by atoms with Gasteiger partial charge in [-0.2, -0.15) is 4.31 Å². The number of amides is 1. The first-order chi connectivity index (χ1) is 11.7. The van der Waals surface area contributed by atoms with Crippen LogP contribution in [0.1, 0.15) is 33.1 Å². The van der Waals surface area contributed by atoms with Crippen LogP contribution in [0.4, 0.5) is 5.69 Å². The van der Waals surface area contributed by atoms with E-state index >= 15 is 0 Å². The molecule has 1 amide bonds. The van der Waals surface area contributed by atoms with Crippen molar-refractivity contribution in [2.45, 2.75) is 45.3 Å². The van der Waals surface area contributed by atoms with Crippen molar-refractivity contribution in [3.63, 3.8) is 0 Å². The van der Waals surface area contributed by atoms with Crippen molar-refractivity contribution in [1.29, 1.82) is 0 Å². The second-order valence-corrected chi connectivity index (χ2v) is 9.30. The van der Waals surface area contributed by atoms with E-state index in [2.05, 4.69) is 5.32 Å². The predicted molar refractivity (Wildman–Crippen MR) is 97.0 cm³/mol. The zero-order valence-electron chi connectivity index (χ0n) is 14.9. The number of carbonyl (C=O) groups is 1. The minimum atomic E-state index is -3.28. The van der Waals surface area contributed by atoms with Gasteiger partial charge in [0, 0.05) is 18.3 Å². The topological polar surface area (TPSA) is 75.7 Å². The van der Waals surface area contributed by atoms with E-state index in [9.17, 15) is 13.2 Å². The number of sulfonamides is 1. The van der Waals surface area contributed by atoms with Crippen LogP contribution < -0.4 is 10.1 Å². The first kappa shape index (κ1) is 18.2. The maximum absolute atomic E-state index is 12.7. The standard InChI is InChI=1S/C18H26N2O4S/c1-12(2)24-15-7-5-14(6-8-15)19-18(21)16-10-13-4-9-17(16)20(11-13)25(3,22)23/h5-8,12-13,16-17H,4,9-11H2,1-3H3,(H,19,21)/t13-,16+,17-/m0/s1. The lowest BCUT2D eigenvalue weighted by molar-refractivity contribution is -0.125. The molecular formula is C18H26N2O4S. The molecule has 138 valence electrons. The molecule has 3 fully saturated rings. The van der Waals surface area contributed by atoms with Crippen LogP contribution in [0.3, 0.4) is 0 Å². The predicted octanol–water partition coefficient (Wildman–Crippen LogP) is 2.47. The van der Waals surface area contributed by atoms with Gasteiger partial charge >= 0.3 is 0 Å². The van der Waals surface area contributed by atoms with Crippen molar-refractivity contribution < 1.29 is 17.9 Å². The Morgan fingerprint density at radius 2 is 1.92 bits per heavy atom. The van der Waals surface area contributed by atoms with Crippen LogP contribution in [-0.4, -0.2) is 43.6 Å². The highest BCUT2D eigenvalue weighted by atomic mass is 32.2. The van der Waals surface area contributed by atoms with Gasteiger partial charge in [-0.3, -0.25) is 4.79 Å². The first-order valence-electron chi connectivity index (χ1n) is 8.78. The fourth-order valence-electron chi connectivity index (χ4n) is 3.93. The molecule has 0 aromatic heterocycles. The third-order valence-corrected chi connectivity index (χ3v) is 6.26. The van der Waals surface area contributed by atoms with E-state index in [1.165, 1.54) is 10.6 Å². The summed E-state index contributed by atoms with van der Waals surface area (Å²) in [5, 5.41) is 2.93. The number of carbonyl (C=O) groups excluding carboxylic acids is 1. The van der Waals surface area contributed by atoms with Gasteiger partial charge in [-0.25, -0.2) is 8.42 Å². The minimum absolute atomic E-state index is 0.0967. The second kappa shape index (κ2) is 6.96. The van der Waals surface area contributed by atoms with Crippen LogP contribution >= 0.6 is 0 Å². The van der Waals surface area contributed by atoms with Gasteiger partial charge in [0.15, 0.2) is 0 Å². The lowest BCUT2D eigenvalue weighted by Crippen LogP contribution is -2.57. The van der Waals surface area contributed by atoms with Crippen LogP contribution in [-0.2, 0) is 14.8 Å². The highest BCUT2D eigenvalue weighted by molar-refractivity contribution is 7.88. The Bertz CT molecular complexity index is 730. The van der Waals surface area contributed by atoms with Gasteiger partial charge in [0.25, 0.3) is 0 Å². The molecule has 0 radical (unpaired) electrons. The van der Waals surface area contributed by atoms with Gasteiger partial charge in [-0.1, -0.05) is 0 Å². The van der Waals surface area contributed by atoms with E-state index in [0.717, 1.165) is 25.0 Å². The third kappa shape index (κ3) is 4.15. The summed E-state index contributed by atoms with van der Waals surface area (Å²) in [6.45, 7) is 4.47. The number of fused-ring (bicyclic) bond motifs is 3. The molecule has 2 saturated heterocycles. The lowest BCUT2D eigenvalue weighted by Gasteiger charge is -2.47. The zero-order chi connectivity index (χ0) is 18.2. The van der Waals surface area contributed by atoms with E-state index in [4.69, 9.17) is 4.74 Å². The molecule has 1 aromatic carbocycles. The molecule has 2 aliphatic heterocycles. The molecule has 3 atom stereocenters. The van der Waals surface area contributed by atoms with Gasteiger partial charge in [0.05, 0.1) is 18.3 Å². The normalized spacial score (nSPS) is 26.6. The summed E-state index contributed by atoms with van der Waals surface area (Å²) < 4.78 is 31.1. The summed E-state index contributed by atoms with van der Waals surface area (Å²) in [4.78, 5) is 12.7. The number of hydrogen-bond donors (Lipinski definition) is 1. The van der Waals surface area contributed by atoms with Crippen molar-refractivity contribution in [2.75, 3.05) is 18.1 Å². The summed E-state index contributed by atoms with van der Waals surface area (Å²) in [6, 6.07) is 7.05. The van der Waals surface area contributed by atoms with Crippen molar-refractivity contribution in [2.24, 2.45) is 11.8 Å². The Labute approximate surface area is 149 Å². The van der Waals surface area contributed by atoms with Gasteiger partial charge in [-0.05, 0) is 63.3 Å². The van der Waals surface area contributed by atoms with Gasteiger partial charge in [0.2, 0.25) is 15.9 Å². The summed E-state index contributed by atoms with van der Waals surface area (Å²) in [6.07, 6.45) is 3.85. The average Bonchev–Trinajstić information content (AvgIpc) is 2.55. The van der Waals surface area contributed by atoms with Crippen molar-refractivity contribution >= 4 is 21.6 Å². The minimum Gasteiger partial charge on any atom is -0.491 e. The molecule has 7 heteroatoms. The number of ether oxygens (including phenoxy) is 1. The lowest BCUT2D eigenvalue weighted by atomic mass is 9.73. The molecule has 2 heterocycles. The van der Waals surface area contributed by atoms with Crippen LogP contribution in [0.2, 0.25) is 0 Å². The Balaban J connectivity index is 1.69. The molecular weight excluding hydrogens is 340 g/mol. The van der Waals surface area contributed by atoms with Crippen LogP contribution in [0.5, 0.6) is 5.75 Å². The van der Waals surface area contributed by atoms with Crippen LogP contribution in [0, 0.1) is 11.8 Å². The van der Waals surface area contributed by atoms with E-state index in [1.807, 2.05) is 38.1 Å². The van der Waals surface area contributed by atoms with Crippen molar-refractivity contribution in [3.8, 4) is 5.75 Å². The summed E-state index contributed by atoms with van der Waals surface area (Å²) in [5.74, 6) is 0.652. The van der Waals surface area contributed by atoms with E-state index in [-0.39, 0.29) is 29.9 Å². The van der Waals surface area contributed by atoms with E-state index in [0.29, 0.717) is 12.2 Å². The molecule has 0 spiro atoms. The number of nitrogens with zero attached hydrogens (tertiary/aromatic N) is 1. The second-order valence-electron chi connectivity index (χ2n) is 7.37. The maximum Gasteiger partial charge on any atom is 0.229 e. The molecule has 1 N–H and O–H groups in total. The Hall–Kier alpha value is -1.60. The SMILES string of the molecule is CC(C)Oc1ccc(NC(=O)[C@@H]2C[C@@H]3CC[C@@H]2N(S(C)(=O)=O)C3)cc1. The summed E-state index contributed by atoms with van der Waals surface area (Å²) in [7, 11) is -3.28. The van der Waals surface area contributed by atoms with Gasteiger partial charge in [-0.15, -0.1) is 0 Å². The smallest absolute Gasteiger partial charge is 0.229 e. The molecule has 1 aliphatic carbocycles. The highest BCUT2D eigenvalue weighted by Gasteiger charge is 2.47. The number of rotatable bonds is 5. The average molecular weight is 366 g/mol. The largest absolute Gasteiger partial charge is 0.491 e. The Morgan fingerprint density at radius 1 is 1.24 bits per heavy atom. The number of benzene rings is 1. The molecule has 25 heavy (non-hydrogen) atoms. The number of anilines is 1. The summed E-state index contributed by atoms with van der Waals surface area (Å²) >= 11 is 0. The molecule has 1 aromatic rings. The first-order valence-corrected chi connectivity index (χ1v) is 10.6. The van der Waals surface area contributed by atoms with Crippen molar-refractivity contribution in [1.82, 2.24) is 4.31 Å². The van der Waals surface area contributed by atoms with Crippen LogP contribution in [0.25, 0.3) is 0 Å².